The van der Waals surface area contributed by atoms with Crippen LogP contribution >= 0.6 is 11.8 Å². The van der Waals surface area contributed by atoms with Gasteiger partial charge in [0, 0.05) is 17.1 Å². The Bertz CT molecular complexity index is 1330. The number of nitrogens with one attached hydrogen (secondary N) is 1. The molecule has 0 bridgehead atoms. The predicted octanol–water partition coefficient (Wildman–Crippen LogP) is 5.92. The molecule has 1 aliphatic rings. The fourth-order valence-corrected chi connectivity index (χ4v) is 4.64. The molecule has 33 heavy (non-hydrogen) atoms. The number of fused-ring (bicyclic) bond motifs is 1. The Kier molecular flexibility index (Phi) is 6.11. The van der Waals surface area contributed by atoms with Crippen LogP contribution in [0.2, 0.25) is 0 Å². The third-order valence-corrected chi connectivity index (χ3v) is 6.41. The highest BCUT2D eigenvalue weighted by Crippen LogP contribution is 2.30. The summed E-state index contributed by atoms with van der Waals surface area (Å²) in [5.41, 5.74) is 4.20. The molecule has 1 unspecified atom stereocenters. The van der Waals surface area contributed by atoms with Gasteiger partial charge in [-0.15, -0.1) is 0 Å². The maximum absolute atomic E-state index is 12.0. The van der Waals surface area contributed by atoms with Gasteiger partial charge in [-0.05, 0) is 46.7 Å². The molecule has 0 saturated carbocycles. The first-order valence-electron chi connectivity index (χ1n) is 10.7. The summed E-state index contributed by atoms with van der Waals surface area (Å²) in [6.45, 7) is 1.17. The average molecular weight is 455 g/mol. The Labute approximate surface area is 196 Å². The second-order valence-electron chi connectivity index (χ2n) is 7.80. The number of rotatable bonds is 7. The monoisotopic (exact) mass is 454 g/mol. The first-order chi connectivity index (χ1) is 16.2. The van der Waals surface area contributed by atoms with E-state index in [1.807, 2.05) is 60.8 Å². The molecule has 6 heteroatoms. The Hall–Kier alpha value is -3.61. The summed E-state index contributed by atoms with van der Waals surface area (Å²) in [6.07, 6.45) is 3.69. The van der Waals surface area contributed by atoms with Gasteiger partial charge in [-0.1, -0.05) is 72.8 Å². The lowest BCUT2D eigenvalue weighted by Crippen LogP contribution is -2.17. The molecule has 164 valence electrons. The second-order valence-corrected chi connectivity index (χ2v) is 8.81. The van der Waals surface area contributed by atoms with Crippen molar-refractivity contribution in [3.8, 4) is 0 Å². The van der Waals surface area contributed by atoms with Crippen LogP contribution in [0.5, 0.6) is 0 Å². The number of benzene rings is 3. The van der Waals surface area contributed by atoms with E-state index >= 15 is 0 Å². The molecule has 1 aliphatic heterocycles. The van der Waals surface area contributed by atoms with Crippen LogP contribution in [-0.4, -0.2) is 15.7 Å². The van der Waals surface area contributed by atoms with Gasteiger partial charge in [0.15, 0.2) is 0 Å². The molecule has 0 aliphatic carbocycles. The second kappa shape index (κ2) is 9.48. The van der Waals surface area contributed by atoms with E-state index in [0.717, 1.165) is 39.4 Å². The summed E-state index contributed by atoms with van der Waals surface area (Å²) in [7, 11) is 0. The van der Waals surface area contributed by atoms with E-state index in [-0.39, 0.29) is 17.3 Å². The molecule has 1 saturated heterocycles. The van der Waals surface area contributed by atoms with Gasteiger partial charge < -0.3 is 9.30 Å². The molecule has 5 nitrogen and oxygen atoms in total. The van der Waals surface area contributed by atoms with Crippen LogP contribution in [0.15, 0.2) is 96.0 Å². The summed E-state index contributed by atoms with van der Waals surface area (Å²) in [4.78, 5) is 23.9. The van der Waals surface area contributed by atoms with E-state index in [1.54, 1.807) is 6.08 Å². The SMILES string of the molecule is O=C1NC(=O)/C(=C/c2cccc3c2ccn3CC(OCc2ccccc2)c2ccccc2)S1. The van der Waals surface area contributed by atoms with E-state index in [0.29, 0.717) is 18.1 Å². The van der Waals surface area contributed by atoms with Crippen molar-refractivity contribution in [3.05, 3.63) is 113 Å². The number of thioether (sulfide) groups is 1. The molecule has 2 amide bonds. The van der Waals surface area contributed by atoms with E-state index in [9.17, 15) is 9.59 Å². The minimum atomic E-state index is -0.347. The number of hydrogen-bond donors (Lipinski definition) is 1. The van der Waals surface area contributed by atoms with Crippen LogP contribution < -0.4 is 5.32 Å². The van der Waals surface area contributed by atoms with E-state index < -0.39 is 0 Å². The summed E-state index contributed by atoms with van der Waals surface area (Å²) < 4.78 is 8.55. The zero-order chi connectivity index (χ0) is 22.6. The molecule has 1 N–H and O–H groups in total. The lowest BCUT2D eigenvalue weighted by atomic mass is 10.1. The molecule has 3 aromatic carbocycles. The summed E-state index contributed by atoms with van der Waals surface area (Å²) >= 11 is 0.931. The minimum Gasteiger partial charge on any atom is -0.367 e. The molecule has 1 aromatic heterocycles. The van der Waals surface area contributed by atoms with Crippen molar-refractivity contribution in [1.29, 1.82) is 0 Å². The van der Waals surface area contributed by atoms with Crippen molar-refractivity contribution in [3.63, 3.8) is 0 Å². The molecular formula is C27H22N2O3S. The molecule has 5 rings (SSSR count). The normalized spacial score (nSPS) is 15.8. The quantitative estimate of drug-likeness (QED) is 0.352. The maximum Gasteiger partial charge on any atom is 0.290 e. The number of ether oxygens (including phenoxy) is 1. The average Bonchev–Trinajstić information content (AvgIpc) is 3.40. The standard InChI is InChI=1S/C27H22N2O3S/c30-26-25(33-27(31)28-26)16-21-12-7-13-23-22(21)14-15-29(23)17-24(20-10-5-2-6-11-20)32-18-19-8-3-1-4-9-19/h1-16,24H,17-18H2,(H,28,30,31)/b25-16-. The number of carbonyl (C=O) groups is 2. The van der Waals surface area contributed by atoms with Gasteiger partial charge in [-0.3, -0.25) is 14.9 Å². The fraction of sp³-hybridized carbons (Fsp3) is 0.111. The Morgan fingerprint density at radius 1 is 0.909 bits per heavy atom. The molecule has 0 radical (unpaired) electrons. The van der Waals surface area contributed by atoms with Gasteiger partial charge in [0.2, 0.25) is 0 Å². The molecule has 0 spiro atoms. The summed E-state index contributed by atoms with van der Waals surface area (Å²) in [5, 5.41) is 2.99. The van der Waals surface area contributed by atoms with E-state index in [4.69, 9.17) is 4.74 Å². The highest BCUT2D eigenvalue weighted by atomic mass is 32.2. The Morgan fingerprint density at radius 2 is 1.67 bits per heavy atom. The number of imide groups is 1. The third-order valence-electron chi connectivity index (χ3n) is 5.60. The van der Waals surface area contributed by atoms with Crippen molar-refractivity contribution < 1.29 is 14.3 Å². The lowest BCUT2D eigenvalue weighted by Gasteiger charge is -2.20. The van der Waals surface area contributed by atoms with Crippen LogP contribution in [0.1, 0.15) is 22.8 Å². The van der Waals surface area contributed by atoms with Crippen LogP contribution in [0.25, 0.3) is 17.0 Å². The van der Waals surface area contributed by atoms with Gasteiger partial charge in [-0.25, -0.2) is 0 Å². The highest BCUT2D eigenvalue weighted by molar-refractivity contribution is 8.18. The van der Waals surface area contributed by atoms with Crippen molar-refractivity contribution in [2.75, 3.05) is 0 Å². The van der Waals surface area contributed by atoms with Crippen molar-refractivity contribution in [2.45, 2.75) is 19.3 Å². The van der Waals surface area contributed by atoms with Gasteiger partial charge in [0.1, 0.15) is 6.10 Å². The van der Waals surface area contributed by atoms with Crippen LogP contribution in [0.3, 0.4) is 0 Å². The van der Waals surface area contributed by atoms with Gasteiger partial charge in [-0.2, -0.15) is 0 Å². The number of carbonyl (C=O) groups excluding carboxylic acids is 2. The molecule has 2 heterocycles. The summed E-state index contributed by atoms with van der Waals surface area (Å²) in [5.74, 6) is -0.347. The molecular weight excluding hydrogens is 432 g/mol. The zero-order valence-corrected chi connectivity index (χ0v) is 18.6. The summed E-state index contributed by atoms with van der Waals surface area (Å²) in [6, 6.07) is 28.4. The Morgan fingerprint density at radius 3 is 2.39 bits per heavy atom. The number of amides is 2. The number of aromatic nitrogens is 1. The van der Waals surface area contributed by atoms with Gasteiger partial charge >= 0.3 is 0 Å². The smallest absolute Gasteiger partial charge is 0.290 e. The number of hydrogen-bond acceptors (Lipinski definition) is 4. The topological polar surface area (TPSA) is 60.3 Å². The molecule has 4 aromatic rings. The van der Waals surface area contributed by atoms with Gasteiger partial charge in [0.05, 0.1) is 18.1 Å². The maximum atomic E-state index is 12.0. The van der Waals surface area contributed by atoms with E-state index in [1.165, 1.54) is 0 Å². The highest BCUT2D eigenvalue weighted by Gasteiger charge is 2.25. The van der Waals surface area contributed by atoms with Crippen molar-refractivity contribution in [2.24, 2.45) is 0 Å². The van der Waals surface area contributed by atoms with Crippen molar-refractivity contribution >= 4 is 39.9 Å². The van der Waals surface area contributed by atoms with Crippen molar-refractivity contribution in [1.82, 2.24) is 9.88 Å². The largest absolute Gasteiger partial charge is 0.367 e. The van der Waals surface area contributed by atoms with E-state index in [2.05, 4.69) is 40.2 Å². The van der Waals surface area contributed by atoms with Crippen LogP contribution in [0.4, 0.5) is 4.79 Å². The third kappa shape index (κ3) is 4.77. The fourth-order valence-electron chi connectivity index (χ4n) is 3.97. The number of nitrogens with zero attached hydrogens (tertiary/aromatic N) is 1. The van der Waals surface area contributed by atoms with Crippen LogP contribution in [-0.2, 0) is 22.7 Å². The minimum absolute atomic E-state index is 0.127. The first-order valence-corrected chi connectivity index (χ1v) is 11.5. The van der Waals surface area contributed by atoms with Crippen LogP contribution in [0, 0.1) is 0 Å². The molecule has 1 atom stereocenters. The Balaban J connectivity index is 1.44. The molecule has 1 fully saturated rings. The predicted molar refractivity (Wildman–Crippen MR) is 131 cm³/mol. The zero-order valence-electron chi connectivity index (χ0n) is 17.8. The first kappa shape index (κ1) is 21.2. The lowest BCUT2D eigenvalue weighted by molar-refractivity contribution is -0.115. The van der Waals surface area contributed by atoms with Gasteiger partial charge in [0.25, 0.3) is 11.1 Å².